The lowest BCUT2D eigenvalue weighted by atomic mass is 10.1. The summed E-state index contributed by atoms with van der Waals surface area (Å²) in [5, 5.41) is 11.7. The maximum atomic E-state index is 14.8. The molecule has 0 bridgehead atoms. The Morgan fingerprint density at radius 3 is 2.31 bits per heavy atom. The summed E-state index contributed by atoms with van der Waals surface area (Å²) in [6.07, 6.45) is 0. The van der Waals surface area contributed by atoms with Crippen LogP contribution in [-0.2, 0) is 4.79 Å². The molecule has 3 rings (SSSR count). The SMILES string of the molecule is COc1cc(-c2nnc(SCC(=O)NC(C)C)n2-c2ccccc2F)cc(OC)c1OC. The molecular weight excluding hydrogens is 435 g/mol. The standard InChI is InChI=1S/C22H25FN4O4S/c1-13(2)24-19(28)12-32-22-26-25-21(27(22)16-9-7-6-8-15(16)23)14-10-17(29-3)20(31-5)18(11-14)30-4/h6-11,13H,12H2,1-5H3,(H,24,28). The fourth-order valence-corrected chi connectivity index (χ4v) is 3.86. The molecule has 0 aliphatic heterocycles. The molecule has 1 heterocycles. The molecule has 0 radical (unpaired) electrons. The zero-order valence-corrected chi connectivity index (χ0v) is 19.3. The van der Waals surface area contributed by atoms with Gasteiger partial charge in [-0.3, -0.25) is 9.36 Å². The molecule has 0 saturated heterocycles. The molecule has 32 heavy (non-hydrogen) atoms. The molecule has 0 spiro atoms. The van der Waals surface area contributed by atoms with Crippen LogP contribution in [0.2, 0.25) is 0 Å². The zero-order chi connectivity index (χ0) is 23.3. The second-order valence-electron chi connectivity index (χ2n) is 7.02. The molecule has 0 unspecified atom stereocenters. The van der Waals surface area contributed by atoms with Crippen LogP contribution in [0.4, 0.5) is 4.39 Å². The Kier molecular flexibility index (Phi) is 7.57. The Balaban J connectivity index is 2.12. The minimum absolute atomic E-state index is 0.0160. The highest BCUT2D eigenvalue weighted by molar-refractivity contribution is 7.99. The molecular formula is C22H25FN4O4S. The van der Waals surface area contributed by atoms with Gasteiger partial charge in [-0.1, -0.05) is 23.9 Å². The number of halogens is 1. The van der Waals surface area contributed by atoms with Gasteiger partial charge in [-0.2, -0.15) is 0 Å². The van der Waals surface area contributed by atoms with Crippen LogP contribution in [0.5, 0.6) is 17.2 Å². The number of nitrogens with zero attached hydrogens (tertiary/aromatic N) is 3. The van der Waals surface area contributed by atoms with E-state index in [0.717, 1.165) is 0 Å². The van der Waals surface area contributed by atoms with Crippen molar-refractivity contribution in [2.24, 2.45) is 0 Å². The van der Waals surface area contributed by atoms with E-state index < -0.39 is 5.82 Å². The van der Waals surface area contributed by atoms with Crippen molar-refractivity contribution in [3.63, 3.8) is 0 Å². The Hall–Kier alpha value is -3.27. The normalized spacial score (nSPS) is 10.8. The van der Waals surface area contributed by atoms with E-state index in [1.165, 1.54) is 39.2 Å². The van der Waals surface area contributed by atoms with Crippen molar-refractivity contribution < 1.29 is 23.4 Å². The highest BCUT2D eigenvalue weighted by Crippen LogP contribution is 2.41. The first-order valence-corrected chi connectivity index (χ1v) is 10.8. The lowest BCUT2D eigenvalue weighted by molar-refractivity contribution is -0.119. The number of methoxy groups -OCH3 is 3. The fraction of sp³-hybridized carbons (Fsp3) is 0.318. The number of benzene rings is 2. The molecule has 8 nitrogen and oxygen atoms in total. The van der Waals surface area contributed by atoms with E-state index in [2.05, 4.69) is 15.5 Å². The number of ether oxygens (including phenoxy) is 3. The van der Waals surface area contributed by atoms with E-state index in [0.29, 0.717) is 33.8 Å². The third-order valence-electron chi connectivity index (χ3n) is 4.43. The Bertz CT molecular complexity index is 1080. The van der Waals surface area contributed by atoms with Gasteiger partial charge in [0.15, 0.2) is 22.5 Å². The molecule has 0 aliphatic carbocycles. The summed E-state index contributed by atoms with van der Waals surface area (Å²) in [5.41, 5.74) is 0.835. The number of amides is 1. The molecule has 0 saturated carbocycles. The van der Waals surface area contributed by atoms with Crippen LogP contribution in [0, 0.1) is 5.82 Å². The second kappa shape index (κ2) is 10.4. The van der Waals surface area contributed by atoms with Gasteiger partial charge in [-0.05, 0) is 38.1 Å². The van der Waals surface area contributed by atoms with Crippen molar-refractivity contribution in [2.45, 2.75) is 25.0 Å². The van der Waals surface area contributed by atoms with Gasteiger partial charge in [0.05, 0.1) is 32.8 Å². The summed E-state index contributed by atoms with van der Waals surface area (Å²) in [6, 6.07) is 9.74. The van der Waals surface area contributed by atoms with Gasteiger partial charge in [-0.15, -0.1) is 10.2 Å². The number of para-hydroxylation sites is 1. The van der Waals surface area contributed by atoms with Crippen LogP contribution < -0.4 is 19.5 Å². The number of hydrogen-bond donors (Lipinski definition) is 1. The van der Waals surface area contributed by atoms with Crippen molar-refractivity contribution in [3.8, 4) is 34.3 Å². The van der Waals surface area contributed by atoms with Crippen molar-refractivity contribution in [1.82, 2.24) is 20.1 Å². The van der Waals surface area contributed by atoms with Crippen LogP contribution in [-0.4, -0.2) is 53.8 Å². The van der Waals surface area contributed by atoms with E-state index in [-0.39, 0.29) is 23.4 Å². The molecule has 170 valence electrons. The molecule has 0 fully saturated rings. The predicted octanol–water partition coefficient (Wildman–Crippen LogP) is 3.72. The summed E-state index contributed by atoms with van der Waals surface area (Å²) in [7, 11) is 4.54. The minimum atomic E-state index is -0.450. The number of nitrogens with one attached hydrogen (secondary N) is 1. The molecule has 3 aromatic rings. The molecule has 1 aromatic heterocycles. The third-order valence-corrected chi connectivity index (χ3v) is 5.36. The van der Waals surface area contributed by atoms with Gasteiger partial charge in [0.1, 0.15) is 5.82 Å². The maximum Gasteiger partial charge on any atom is 0.230 e. The van der Waals surface area contributed by atoms with Crippen molar-refractivity contribution in [2.75, 3.05) is 27.1 Å². The average Bonchev–Trinajstić information content (AvgIpc) is 3.20. The molecule has 10 heteroatoms. The predicted molar refractivity (Wildman–Crippen MR) is 120 cm³/mol. The minimum Gasteiger partial charge on any atom is -0.493 e. The van der Waals surface area contributed by atoms with E-state index in [9.17, 15) is 9.18 Å². The fourth-order valence-electron chi connectivity index (χ4n) is 3.10. The van der Waals surface area contributed by atoms with Gasteiger partial charge in [-0.25, -0.2) is 4.39 Å². The van der Waals surface area contributed by atoms with Gasteiger partial charge < -0.3 is 19.5 Å². The van der Waals surface area contributed by atoms with Crippen LogP contribution in [0.15, 0.2) is 41.6 Å². The lowest BCUT2D eigenvalue weighted by Crippen LogP contribution is -2.31. The lowest BCUT2D eigenvalue weighted by Gasteiger charge is -2.15. The molecule has 1 N–H and O–H groups in total. The zero-order valence-electron chi connectivity index (χ0n) is 18.5. The van der Waals surface area contributed by atoms with Gasteiger partial charge in [0.2, 0.25) is 11.7 Å². The first-order chi connectivity index (χ1) is 15.4. The summed E-state index contributed by atoms with van der Waals surface area (Å²) in [6.45, 7) is 3.76. The van der Waals surface area contributed by atoms with Crippen molar-refractivity contribution in [3.05, 3.63) is 42.2 Å². The van der Waals surface area contributed by atoms with Crippen molar-refractivity contribution in [1.29, 1.82) is 0 Å². The van der Waals surface area contributed by atoms with Crippen molar-refractivity contribution >= 4 is 17.7 Å². The smallest absolute Gasteiger partial charge is 0.230 e. The van der Waals surface area contributed by atoms with E-state index in [4.69, 9.17) is 14.2 Å². The average molecular weight is 461 g/mol. The van der Waals surface area contributed by atoms with Crippen LogP contribution in [0.1, 0.15) is 13.8 Å². The monoisotopic (exact) mass is 460 g/mol. The number of thioether (sulfide) groups is 1. The Morgan fingerprint density at radius 2 is 1.75 bits per heavy atom. The van der Waals surface area contributed by atoms with E-state index in [1.807, 2.05) is 13.8 Å². The number of aromatic nitrogens is 3. The number of rotatable bonds is 9. The number of hydrogen-bond acceptors (Lipinski definition) is 7. The van der Waals surface area contributed by atoms with Gasteiger partial charge in [0.25, 0.3) is 0 Å². The largest absolute Gasteiger partial charge is 0.493 e. The Morgan fingerprint density at radius 1 is 1.09 bits per heavy atom. The highest BCUT2D eigenvalue weighted by atomic mass is 32.2. The number of carbonyl (C=O) groups excluding carboxylic acids is 1. The summed E-state index contributed by atoms with van der Waals surface area (Å²) in [5.74, 6) is 1.15. The van der Waals surface area contributed by atoms with Crippen LogP contribution >= 0.6 is 11.8 Å². The Labute approximate surface area is 190 Å². The maximum absolute atomic E-state index is 14.8. The quantitative estimate of drug-likeness (QED) is 0.487. The van der Waals surface area contributed by atoms with E-state index in [1.54, 1.807) is 34.9 Å². The summed E-state index contributed by atoms with van der Waals surface area (Å²) in [4.78, 5) is 12.1. The highest BCUT2D eigenvalue weighted by Gasteiger charge is 2.22. The number of carbonyl (C=O) groups is 1. The van der Waals surface area contributed by atoms with E-state index >= 15 is 0 Å². The van der Waals surface area contributed by atoms with Gasteiger partial charge in [0, 0.05) is 11.6 Å². The second-order valence-corrected chi connectivity index (χ2v) is 7.96. The summed E-state index contributed by atoms with van der Waals surface area (Å²) >= 11 is 1.17. The summed E-state index contributed by atoms with van der Waals surface area (Å²) < 4.78 is 32.6. The van der Waals surface area contributed by atoms with Crippen LogP contribution in [0.25, 0.3) is 17.1 Å². The molecule has 0 atom stereocenters. The third kappa shape index (κ3) is 4.96. The first kappa shape index (κ1) is 23.4. The molecule has 2 aromatic carbocycles. The topological polar surface area (TPSA) is 87.5 Å². The molecule has 0 aliphatic rings. The van der Waals surface area contributed by atoms with Crippen LogP contribution in [0.3, 0.4) is 0 Å². The molecule has 1 amide bonds. The van der Waals surface area contributed by atoms with Gasteiger partial charge >= 0.3 is 0 Å². The first-order valence-electron chi connectivity index (χ1n) is 9.82.